The molecule has 0 atom stereocenters. The highest BCUT2D eigenvalue weighted by Gasteiger charge is 2.24. The SMILES string of the molecule is CNCc1nc(N2CCSC(C)(C)CC2)ccc1Cl. The number of hydrogen-bond acceptors (Lipinski definition) is 4. The smallest absolute Gasteiger partial charge is 0.128 e. The Hall–Kier alpha value is -0.450. The third kappa shape index (κ3) is 4.01. The maximum absolute atomic E-state index is 6.17. The summed E-state index contributed by atoms with van der Waals surface area (Å²) in [5.74, 6) is 2.20. The molecule has 2 heterocycles. The first kappa shape index (κ1) is 14.9. The van der Waals surface area contributed by atoms with Crippen LogP contribution in [0, 0.1) is 0 Å². The Morgan fingerprint density at radius 1 is 1.42 bits per heavy atom. The fourth-order valence-electron chi connectivity index (χ4n) is 2.19. The number of hydrogen-bond donors (Lipinski definition) is 1. The van der Waals surface area contributed by atoms with Gasteiger partial charge in [-0.1, -0.05) is 25.4 Å². The van der Waals surface area contributed by atoms with Gasteiger partial charge in [0, 0.05) is 30.1 Å². The zero-order valence-electron chi connectivity index (χ0n) is 11.9. The van der Waals surface area contributed by atoms with Gasteiger partial charge in [0.15, 0.2) is 0 Å². The molecule has 0 saturated carbocycles. The molecule has 0 bridgehead atoms. The van der Waals surface area contributed by atoms with E-state index in [9.17, 15) is 0 Å². The Labute approximate surface area is 125 Å². The van der Waals surface area contributed by atoms with Crippen LogP contribution in [0.3, 0.4) is 0 Å². The molecule has 106 valence electrons. The third-order valence-corrected chi connectivity index (χ3v) is 5.13. The fraction of sp³-hybridized carbons (Fsp3) is 0.643. The normalized spacial score (nSPS) is 19.3. The first-order chi connectivity index (χ1) is 9.02. The van der Waals surface area contributed by atoms with E-state index in [0.717, 1.165) is 35.4 Å². The number of aromatic nitrogens is 1. The van der Waals surface area contributed by atoms with Crippen LogP contribution < -0.4 is 10.2 Å². The number of rotatable bonds is 3. The summed E-state index contributed by atoms with van der Waals surface area (Å²) >= 11 is 8.22. The lowest BCUT2D eigenvalue weighted by Crippen LogP contribution is -2.28. The van der Waals surface area contributed by atoms with Crippen LogP contribution in [0.25, 0.3) is 0 Å². The van der Waals surface area contributed by atoms with E-state index in [1.807, 2.05) is 30.9 Å². The number of pyridine rings is 1. The Balaban J connectivity index is 2.15. The van der Waals surface area contributed by atoms with Crippen molar-refractivity contribution in [2.24, 2.45) is 0 Å². The van der Waals surface area contributed by atoms with Crippen molar-refractivity contribution in [2.75, 3.05) is 30.8 Å². The Morgan fingerprint density at radius 3 is 2.95 bits per heavy atom. The minimum atomic E-state index is 0.370. The van der Waals surface area contributed by atoms with Gasteiger partial charge in [-0.3, -0.25) is 0 Å². The van der Waals surface area contributed by atoms with Crippen molar-refractivity contribution in [1.29, 1.82) is 0 Å². The minimum Gasteiger partial charge on any atom is -0.356 e. The molecule has 0 aliphatic carbocycles. The molecule has 0 amide bonds. The van der Waals surface area contributed by atoms with Gasteiger partial charge in [-0.2, -0.15) is 11.8 Å². The van der Waals surface area contributed by atoms with E-state index >= 15 is 0 Å². The van der Waals surface area contributed by atoms with Gasteiger partial charge in [0.25, 0.3) is 0 Å². The molecule has 0 spiro atoms. The predicted molar refractivity (Wildman–Crippen MR) is 85.4 cm³/mol. The molecule has 19 heavy (non-hydrogen) atoms. The van der Waals surface area contributed by atoms with Gasteiger partial charge in [0.05, 0.1) is 10.7 Å². The number of nitrogens with zero attached hydrogens (tertiary/aromatic N) is 2. The van der Waals surface area contributed by atoms with E-state index in [-0.39, 0.29) is 0 Å². The van der Waals surface area contributed by atoms with Crippen molar-refractivity contribution in [3.05, 3.63) is 22.8 Å². The first-order valence-corrected chi connectivity index (χ1v) is 8.07. The average molecular weight is 300 g/mol. The largest absolute Gasteiger partial charge is 0.356 e. The topological polar surface area (TPSA) is 28.2 Å². The molecular formula is C14H22ClN3S. The van der Waals surface area contributed by atoms with Gasteiger partial charge < -0.3 is 10.2 Å². The quantitative estimate of drug-likeness (QED) is 0.928. The lowest BCUT2D eigenvalue weighted by molar-refractivity contribution is 0.634. The maximum Gasteiger partial charge on any atom is 0.128 e. The van der Waals surface area contributed by atoms with E-state index < -0.39 is 0 Å². The molecule has 1 fully saturated rings. The second-order valence-corrected chi connectivity index (χ2v) is 7.68. The van der Waals surface area contributed by atoms with Gasteiger partial charge in [-0.25, -0.2) is 4.98 Å². The van der Waals surface area contributed by atoms with Gasteiger partial charge >= 0.3 is 0 Å². The van der Waals surface area contributed by atoms with Crippen LogP contribution in [0.2, 0.25) is 5.02 Å². The monoisotopic (exact) mass is 299 g/mol. The van der Waals surface area contributed by atoms with Crippen molar-refractivity contribution >= 4 is 29.2 Å². The second-order valence-electron chi connectivity index (χ2n) is 5.47. The van der Waals surface area contributed by atoms with Gasteiger partial charge in [-0.05, 0) is 25.6 Å². The summed E-state index contributed by atoms with van der Waals surface area (Å²) < 4.78 is 0.370. The minimum absolute atomic E-state index is 0.370. The lowest BCUT2D eigenvalue weighted by Gasteiger charge is -2.24. The Kier molecular flexibility index (Phi) is 4.98. The van der Waals surface area contributed by atoms with Crippen molar-refractivity contribution in [3.8, 4) is 0 Å². The summed E-state index contributed by atoms with van der Waals surface area (Å²) in [5.41, 5.74) is 0.929. The second kappa shape index (κ2) is 6.33. The molecule has 0 radical (unpaired) electrons. The van der Waals surface area contributed by atoms with Crippen molar-refractivity contribution in [3.63, 3.8) is 0 Å². The van der Waals surface area contributed by atoms with E-state index in [2.05, 4.69) is 24.1 Å². The lowest BCUT2D eigenvalue weighted by atomic mass is 10.1. The standard InChI is InChI=1S/C14H22ClN3S/c1-14(2)6-7-18(8-9-19-14)13-5-4-11(15)12(17-13)10-16-3/h4-5,16H,6-10H2,1-3H3. The molecular weight excluding hydrogens is 278 g/mol. The Morgan fingerprint density at radius 2 is 2.21 bits per heavy atom. The molecule has 1 N–H and O–H groups in total. The summed E-state index contributed by atoms with van der Waals surface area (Å²) in [6.07, 6.45) is 1.18. The maximum atomic E-state index is 6.17. The molecule has 3 nitrogen and oxygen atoms in total. The summed E-state index contributed by atoms with van der Waals surface area (Å²) in [6, 6.07) is 3.99. The number of halogens is 1. The van der Waals surface area contributed by atoms with Crippen LogP contribution in [-0.4, -0.2) is 35.6 Å². The highest BCUT2D eigenvalue weighted by molar-refractivity contribution is 8.00. The molecule has 1 aliphatic rings. The van der Waals surface area contributed by atoms with Crippen LogP contribution in [-0.2, 0) is 6.54 Å². The summed E-state index contributed by atoms with van der Waals surface area (Å²) in [6.45, 7) is 7.47. The molecule has 0 unspecified atom stereocenters. The molecule has 0 aromatic carbocycles. The van der Waals surface area contributed by atoms with E-state index in [4.69, 9.17) is 16.6 Å². The van der Waals surface area contributed by atoms with Crippen molar-refractivity contribution in [2.45, 2.75) is 31.6 Å². The zero-order chi connectivity index (χ0) is 13.9. The summed E-state index contributed by atoms with van der Waals surface area (Å²) in [4.78, 5) is 7.07. The molecule has 1 aliphatic heterocycles. The van der Waals surface area contributed by atoms with Gasteiger partial charge in [0.1, 0.15) is 5.82 Å². The summed E-state index contributed by atoms with van der Waals surface area (Å²) in [7, 11) is 1.91. The van der Waals surface area contributed by atoms with Crippen LogP contribution in [0.5, 0.6) is 0 Å². The van der Waals surface area contributed by atoms with Crippen molar-refractivity contribution < 1.29 is 0 Å². The van der Waals surface area contributed by atoms with Gasteiger partial charge in [-0.15, -0.1) is 0 Å². The number of nitrogens with one attached hydrogen (secondary N) is 1. The third-order valence-electron chi connectivity index (χ3n) is 3.41. The fourth-order valence-corrected chi connectivity index (χ4v) is 3.46. The van der Waals surface area contributed by atoms with Crippen LogP contribution in [0.15, 0.2) is 12.1 Å². The van der Waals surface area contributed by atoms with E-state index in [1.165, 1.54) is 6.42 Å². The highest BCUT2D eigenvalue weighted by Crippen LogP contribution is 2.32. The molecule has 1 aromatic rings. The molecule has 5 heteroatoms. The molecule has 2 rings (SSSR count). The highest BCUT2D eigenvalue weighted by atomic mass is 35.5. The zero-order valence-corrected chi connectivity index (χ0v) is 13.4. The van der Waals surface area contributed by atoms with Crippen LogP contribution >= 0.6 is 23.4 Å². The molecule has 1 aromatic heterocycles. The van der Waals surface area contributed by atoms with Crippen LogP contribution in [0.4, 0.5) is 5.82 Å². The Bertz CT molecular complexity index is 437. The molecule has 1 saturated heterocycles. The summed E-state index contributed by atoms with van der Waals surface area (Å²) in [5, 5.41) is 3.85. The number of thioether (sulfide) groups is 1. The van der Waals surface area contributed by atoms with E-state index in [1.54, 1.807) is 0 Å². The van der Waals surface area contributed by atoms with E-state index in [0.29, 0.717) is 11.3 Å². The van der Waals surface area contributed by atoms with Crippen molar-refractivity contribution in [1.82, 2.24) is 10.3 Å². The number of anilines is 1. The van der Waals surface area contributed by atoms with Gasteiger partial charge in [0.2, 0.25) is 0 Å². The van der Waals surface area contributed by atoms with Crippen LogP contribution in [0.1, 0.15) is 26.0 Å². The first-order valence-electron chi connectivity index (χ1n) is 6.71. The predicted octanol–water partition coefficient (Wildman–Crippen LogP) is 3.18. The average Bonchev–Trinajstić information content (AvgIpc) is 2.53.